The average molecular weight is 368 g/mol. The Kier molecular flexibility index (Phi) is 3.80. The number of rotatable bonds is 3. The Hall–Kier alpha value is -2.73. The monoisotopic (exact) mass is 367 g/mol. The fourth-order valence-corrected chi connectivity index (χ4v) is 3.44. The summed E-state index contributed by atoms with van der Waals surface area (Å²) in [6, 6.07) is 7.51. The molecule has 26 heavy (non-hydrogen) atoms. The van der Waals surface area contributed by atoms with E-state index in [9.17, 15) is 4.79 Å². The summed E-state index contributed by atoms with van der Waals surface area (Å²) in [7, 11) is 0. The van der Waals surface area contributed by atoms with Crippen molar-refractivity contribution in [2.24, 2.45) is 10.5 Å². The first-order chi connectivity index (χ1) is 12.4. The second-order valence-electron chi connectivity index (χ2n) is 6.94. The summed E-state index contributed by atoms with van der Waals surface area (Å²) in [6.45, 7) is 6.11. The van der Waals surface area contributed by atoms with Crippen LogP contribution in [0.25, 0.3) is 5.52 Å². The minimum atomic E-state index is -0.740. The number of nitrogens with zero attached hydrogens (tertiary/aromatic N) is 5. The molecule has 132 valence electrons. The molecule has 0 spiro atoms. The van der Waals surface area contributed by atoms with E-state index >= 15 is 0 Å². The van der Waals surface area contributed by atoms with E-state index in [4.69, 9.17) is 11.6 Å². The molecule has 0 bridgehead atoms. The zero-order valence-corrected chi connectivity index (χ0v) is 15.5. The molecule has 1 aliphatic heterocycles. The van der Waals surface area contributed by atoms with Gasteiger partial charge in [0.15, 0.2) is 0 Å². The zero-order valence-electron chi connectivity index (χ0n) is 14.8. The molecule has 4 rings (SSSR count). The summed E-state index contributed by atoms with van der Waals surface area (Å²) in [5.41, 5.74) is 3.50. The van der Waals surface area contributed by atoms with Gasteiger partial charge in [-0.05, 0) is 44.5 Å². The lowest BCUT2D eigenvalue weighted by molar-refractivity contribution is -0.135. The highest BCUT2D eigenvalue weighted by molar-refractivity contribution is 6.30. The van der Waals surface area contributed by atoms with Crippen molar-refractivity contribution in [2.45, 2.75) is 27.3 Å². The molecule has 0 saturated carbocycles. The summed E-state index contributed by atoms with van der Waals surface area (Å²) < 4.78 is 1.74. The van der Waals surface area contributed by atoms with Crippen LogP contribution in [-0.2, 0) is 11.3 Å². The largest absolute Gasteiger partial charge is 0.272 e. The lowest BCUT2D eigenvalue weighted by Crippen LogP contribution is -2.34. The van der Waals surface area contributed by atoms with Crippen LogP contribution in [0.15, 0.2) is 48.0 Å². The maximum Gasteiger partial charge on any atom is 0.254 e. The van der Waals surface area contributed by atoms with Gasteiger partial charge in [0.05, 0.1) is 33.9 Å². The predicted octanol–water partition coefficient (Wildman–Crippen LogP) is 3.46. The summed E-state index contributed by atoms with van der Waals surface area (Å²) in [5, 5.41) is 11.3. The molecule has 0 unspecified atom stereocenters. The predicted molar refractivity (Wildman–Crippen MR) is 100 cm³/mol. The topological polar surface area (TPSA) is 62.9 Å². The molecule has 6 nitrogen and oxygen atoms in total. The van der Waals surface area contributed by atoms with Gasteiger partial charge in [0.1, 0.15) is 0 Å². The minimum absolute atomic E-state index is 0.0379. The molecule has 1 aliphatic rings. The number of hydrogen-bond acceptors (Lipinski definition) is 4. The molecule has 1 amide bonds. The molecule has 0 atom stereocenters. The lowest BCUT2D eigenvalue weighted by atomic mass is 9.83. The summed E-state index contributed by atoms with van der Waals surface area (Å²) in [5.74, 6) is -0.0379. The Bertz CT molecular complexity index is 1040. The van der Waals surface area contributed by atoms with Crippen LogP contribution in [0, 0.1) is 12.3 Å². The van der Waals surface area contributed by atoms with E-state index in [2.05, 4.69) is 15.2 Å². The molecule has 0 radical (unpaired) electrons. The van der Waals surface area contributed by atoms with Gasteiger partial charge in [-0.3, -0.25) is 9.78 Å². The highest BCUT2D eigenvalue weighted by Gasteiger charge is 2.45. The third-order valence-corrected chi connectivity index (χ3v) is 4.87. The van der Waals surface area contributed by atoms with Crippen LogP contribution in [0.3, 0.4) is 0 Å². The number of fused-ring (bicyclic) bond motifs is 1. The van der Waals surface area contributed by atoms with Gasteiger partial charge in [0.2, 0.25) is 0 Å². The average Bonchev–Trinajstić information content (AvgIpc) is 3.03. The maximum atomic E-state index is 13.0. The van der Waals surface area contributed by atoms with Gasteiger partial charge in [-0.15, -0.1) is 0 Å². The summed E-state index contributed by atoms with van der Waals surface area (Å²) in [4.78, 5) is 17.1. The molecule has 3 aromatic rings. The second kappa shape index (κ2) is 5.92. The second-order valence-corrected chi connectivity index (χ2v) is 7.37. The third kappa shape index (κ3) is 2.57. The molecule has 0 fully saturated rings. The van der Waals surface area contributed by atoms with E-state index < -0.39 is 5.41 Å². The highest BCUT2D eigenvalue weighted by atomic mass is 35.5. The van der Waals surface area contributed by atoms with E-state index in [1.165, 1.54) is 5.01 Å². The Morgan fingerprint density at radius 3 is 2.77 bits per heavy atom. The fraction of sp³-hybridized carbons (Fsp3) is 0.263. The normalized spacial score (nSPS) is 16.4. The van der Waals surface area contributed by atoms with Crippen LogP contribution in [0.2, 0.25) is 5.02 Å². The minimum Gasteiger partial charge on any atom is -0.272 e. The molecule has 0 N–H and O–H groups in total. The van der Waals surface area contributed by atoms with Crippen molar-refractivity contribution in [3.05, 3.63) is 64.7 Å². The number of halogens is 1. The number of carbonyl (C=O) groups excluding carboxylic acids is 1. The van der Waals surface area contributed by atoms with E-state index in [1.807, 2.05) is 45.0 Å². The molecule has 0 aliphatic carbocycles. The Morgan fingerprint density at radius 2 is 2.04 bits per heavy atom. The maximum absolute atomic E-state index is 13.0. The van der Waals surface area contributed by atoms with Crippen LogP contribution in [-0.4, -0.2) is 31.2 Å². The van der Waals surface area contributed by atoms with Crippen molar-refractivity contribution in [2.75, 3.05) is 0 Å². The van der Waals surface area contributed by atoms with E-state index in [1.54, 1.807) is 23.1 Å². The first-order valence-corrected chi connectivity index (χ1v) is 8.70. The zero-order chi connectivity index (χ0) is 18.5. The smallest absolute Gasteiger partial charge is 0.254 e. The molecular weight excluding hydrogens is 350 g/mol. The van der Waals surface area contributed by atoms with Crippen molar-refractivity contribution in [3.8, 4) is 0 Å². The number of aryl methyl sites for hydroxylation is 1. The SMILES string of the molecule is Cc1nn2cc(Cl)ccc2c1C1=NN(Cc2cccnc2)C(=O)C1(C)C. The van der Waals surface area contributed by atoms with Gasteiger partial charge < -0.3 is 0 Å². The first-order valence-electron chi connectivity index (χ1n) is 8.33. The van der Waals surface area contributed by atoms with Crippen LogP contribution >= 0.6 is 11.6 Å². The fourth-order valence-electron chi connectivity index (χ4n) is 3.28. The Labute approximate surface area is 156 Å². The van der Waals surface area contributed by atoms with Crippen LogP contribution in [0.4, 0.5) is 0 Å². The quantitative estimate of drug-likeness (QED) is 0.712. The summed E-state index contributed by atoms with van der Waals surface area (Å²) in [6.07, 6.45) is 5.21. The van der Waals surface area contributed by atoms with Crippen LogP contribution in [0.5, 0.6) is 0 Å². The Balaban J connectivity index is 1.81. The van der Waals surface area contributed by atoms with Crippen molar-refractivity contribution < 1.29 is 4.79 Å². The lowest BCUT2D eigenvalue weighted by Gasteiger charge is -2.19. The molecule has 4 heterocycles. The van der Waals surface area contributed by atoms with E-state index in [-0.39, 0.29) is 5.91 Å². The first kappa shape index (κ1) is 16.7. The van der Waals surface area contributed by atoms with Crippen LogP contribution < -0.4 is 0 Å². The van der Waals surface area contributed by atoms with Crippen molar-refractivity contribution >= 4 is 28.7 Å². The van der Waals surface area contributed by atoms with Gasteiger partial charge in [0, 0.05) is 24.2 Å². The number of aromatic nitrogens is 3. The van der Waals surface area contributed by atoms with Gasteiger partial charge in [0.25, 0.3) is 5.91 Å². The molecule has 3 aromatic heterocycles. The number of amides is 1. The summed E-state index contributed by atoms with van der Waals surface area (Å²) >= 11 is 6.07. The number of pyridine rings is 2. The van der Waals surface area contributed by atoms with Crippen LogP contribution in [0.1, 0.15) is 30.7 Å². The van der Waals surface area contributed by atoms with Crippen molar-refractivity contribution in [1.29, 1.82) is 0 Å². The molecule has 0 aromatic carbocycles. The Morgan fingerprint density at radius 1 is 1.23 bits per heavy atom. The number of hydrogen-bond donors (Lipinski definition) is 0. The van der Waals surface area contributed by atoms with E-state index in [0.717, 1.165) is 28.0 Å². The standard InChI is InChI=1S/C19H18ClN5O/c1-12-16(15-7-6-14(20)11-24(15)22-12)17-19(2,3)18(26)25(23-17)10-13-5-4-8-21-9-13/h4-9,11H,10H2,1-3H3. The molecular formula is C19H18ClN5O. The van der Waals surface area contributed by atoms with E-state index in [0.29, 0.717) is 11.6 Å². The number of carbonyl (C=O) groups is 1. The molecule has 7 heteroatoms. The van der Waals surface area contributed by atoms with Gasteiger partial charge in [-0.2, -0.15) is 10.2 Å². The highest BCUT2D eigenvalue weighted by Crippen LogP contribution is 2.35. The number of hydrazone groups is 1. The molecule has 0 saturated heterocycles. The van der Waals surface area contributed by atoms with Gasteiger partial charge >= 0.3 is 0 Å². The van der Waals surface area contributed by atoms with Gasteiger partial charge in [-0.25, -0.2) is 9.52 Å². The van der Waals surface area contributed by atoms with Crippen molar-refractivity contribution in [1.82, 2.24) is 19.6 Å². The van der Waals surface area contributed by atoms with Crippen molar-refractivity contribution in [3.63, 3.8) is 0 Å². The third-order valence-electron chi connectivity index (χ3n) is 4.64. The van der Waals surface area contributed by atoms with Gasteiger partial charge in [-0.1, -0.05) is 17.7 Å².